The topological polar surface area (TPSA) is 87.1 Å². The molecule has 2 aromatic rings. The number of nitrogens with zero attached hydrogens (tertiary/aromatic N) is 6. The van der Waals surface area contributed by atoms with Gasteiger partial charge in [-0.25, -0.2) is 0 Å². The molecule has 0 radical (unpaired) electrons. The minimum absolute atomic E-state index is 0.0716. The number of anilines is 2. The molecule has 9 heteroatoms. The Morgan fingerprint density at radius 3 is 3.04 bits per heavy atom. The second-order valence-corrected chi connectivity index (χ2v) is 7.12. The van der Waals surface area contributed by atoms with Crippen molar-refractivity contribution in [2.45, 2.75) is 25.8 Å². The number of hydrogen-bond acceptors (Lipinski definition) is 8. The van der Waals surface area contributed by atoms with Crippen LogP contribution in [-0.2, 0) is 4.79 Å². The summed E-state index contributed by atoms with van der Waals surface area (Å²) < 4.78 is 0. The van der Waals surface area contributed by atoms with Crippen molar-refractivity contribution in [1.29, 1.82) is 0 Å². The lowest BCUT2D eigenvalue weighted by atomic mass is 10.2. The van der Waals surface area contributed by atoms with Gasteiger partial charge in [0.1, 0.15) is 5.01 Å². The van der Waals surface area contributed by atoms with Gasteiger partial charge in [0.2, 0.25) is 11.0 Å². The molecule has 1 fully saturated rings. The molecular formula is C15H21N7OS. The molecule has 1 N–H and O–H groups in total. The summed E-state index contributed by atoms with van der Waals surface area (Å²) in [6.07, 6.45) is 3.91. The molecule has 0 aliphatic carbocycles. The molecule has 1 aliphatic heterocycles. The fourth-order valence-electron chi connectivity index (χ4n) is 2.95. The van der Waals surface area contributed by atoms with Crippen molar-refractivity contribution in [3.8, 4) is 0 Å². The Morgan fingerprint density at radius 1 is 1.46 bits per heavy atom. The Hall–Kier alpha value is -2.13. The summed E-state index contributed by atoms with van der Waals surface area (Å²) in [5.41, 5.74) is 0. The second-order valence-electron chi connectivity index (χ2n) is 5.94. The Morgan fingerprint density at radius 2 is 2.33 bits per heavy atom. The number of carbonyl (C=O) groups excluding carboxylic acids is 1. The molecule has 0 aromatic carbocycles. The van der Waals surface area contributed by atoms with Crippen LogP contribution in [0.15, 0.2) is 18.3 Å². The average molecular weight is 347 g/mol. The molecule has 0 spiro atoms. The van der Waals surface area contributed by atoms with Crippen molar-refractivity contribution in [2.24, 2.45) is 0 Å². The van der Waals surface area contributed by atoms with Gasteiger partial charge in [-0.15, -0.1) is 15.3 Å². The maximum Gasteiger partial charge on any atom is 0.240 e. The molecule has 1 amide bonds. The van der Waals surface area contributed by atoms with E-state index in [4.69, 9.17) is 0 Å². The SMILES string of the molecule is Cc1nnc(NC(=O)CN(C)C[C@@H]2CCCN2c2cccnn2)s1. The summed E-state index contributed by atoms with van der Waals surface area (Å²) in [5, 5.41) is 20.1. The van der Waals surface area contributed by atoms with Crippen LogP contribution in [0.2, 0.25) is 0 Å². The third-order valence-electron chi connectivity index (χ3n) is 3.94. The fourth-order valence-corrected chi connectivity index (χ4v) is 3.56. The number of nitrogens with one attached hydrogen (secondary N) is 1. The van der Waals surface area contributed by atoms with Gasteiger partial charge >= 0.3 is 0 Å². The van der Waals surface area contributed by atoms with E-state index in [0.29, 0.717) is 17.7 Å². The highest BCUT2D eigenvalue weighted by atomic mass is 32.1. The second kappa shape index (κ2) is 7.63. The minimum Gasteiger partial charge on any atom is -0.351 e. The lowest BCUT2D eigenvalue weighted by molar-refractivity contribution is -0.117. The van der Waals surface area contributed by atoms with E-state index in [2.05, 4.69) is 30.6 Å². The number of aryl methyl sites for hydroxylation is 1. The van der Waals surface area contributed by atoms with Crippen LogP contribution < -0.4 is 10.2 Å². The fraction of sp³-hybridized carbons (Fsp3) is 0.533. The normalized spacial score (nSPS) is 17.5. The van der Waals surface area contributed by atoms with Gasteiger partial charge in [0, 0.05) is 25.3 Å². The largest absolute Gasteiger partial charge is 0.351 e. The minimum atomic E-state index is -0.0716. The van der Waals surface area contributed by atoms with Crippen molar-refractivity contribution >= 4 is 28.2 Å². The van der Waals surface area contributed by atoms with Crippen LogP contribution in [0.1, 0.15) is 17.8 Å². The summed E-state index contributed by atoms with van der Waals surface area (Å²) in [7, 11) is 1.96. The predicted octanol–water partition coefficient (Wildman–Crippen LogP) is 1.18. The molecule has 0 saturated carbocycles. The van der Waals surface area contributed by atoms with Crippen LogP contribution >= 0.6 is 11.3 Å². The van der Waals surface area contributed by atoms with Gasteiger partial charge in [-0.3, -0.25) is 15.0 Å². The first-order chi connectivity index (χ1) is 11.6. The van der Waals surface area contributed by atoms with Gasteiger partial charge in [-0.2, -0.15) is 5.10 Å². The molecule has 24 heavy (non-hydrogen) atoms. The number of amides is 1. The van der Waals surface area contributed by atoms with Gasteiger partial charge in [0.05, 0.1) is 6.54 Å². The third-order valence-corrected chi connectivity index (χ3v) is 4.69. The number of likely N-dealkylation sites (N-methyl/N-ethyl adjacent to an activating group) is 1. The van der Waals surface area contributed by atoms with Gasteiger partial charge < -0.3 is 4.90 Å². The van der Waals surface area contributed by atoms with E-state index in [1.165, 1.54) is 11.3 Å². The molecule has 0 bridgehead atoms. The van der Waals surface area contributed by atoms with Gasteiger partial charge in [0.25, 0.3) is 0 Å². The first kappa shape index (κ1) is 16.7. The molecule has 3 heterocycles. The van der Waals surface area contributed by atoms with Crippen LogP contribution in [0.4, 0.5) is 10.9 Å². The zero-order valence-electron chi connectivity index (χ0n) is 13.8. The lowest BCUT2D eigenvalue weighted by Crippen LogP contribution is -2.42. The van der Waals surface area contributed by atoms with E-state index in [9.17, 15) is 4.79 Å². The highest BCUT2D eigenvalue weighted by Crippen LogP contribution is 2.23. The Balaban J connectivity index is 1.52. The van der Waals surface area contributed by atoms with Crippen LogP contribution in [-0.4, -0.2) is 63.9 Å². The van der Waals surface area contributed by atoms with Gasteiger partial charge in [-0.05, 0) is 38.9 Å². The van der Waals surface area contributed by atoms with E-state index < -0.39 is 0 Å². The molecule has 128 valence electrons. The van der Waals surface area contributed by atoms with Gasteiger partial charge in [-0.1, -0.05) is 11.3 Å². The van der Waals surface area contributed by atoms with Gasteiger partial charge in [0.15, 0.2) is 5.82 Å². The monoisotopic (exact) mass is 347 g/mol. The summed E-state index contributed by atoms with van der Waals surface area (Å²) in [5.74, 6) is 0.833. The zero-order chi connectivity index (χ0) is 16.9. The maximum absolute atomic E-state index is 12.1. The van der Waals surface area contributed by atoms with Crippen LogP contribution in [0.3, 0.4) is 0 Å². The number of aromatic nitrogens is 4. The predicted molar refractivity (Wildman–Crippen MR) is 93.2 cm³/mol. The number of carbonyl (C=O) groups is 1. The maximum atomic E-state index is 12.1. The van der Waals surface area contributed by atoms with Crippen LogP contribution in [0.25, 0.3) is 0 Å². The molecule has 1 aliphatic rings. The molecule has 1 saturated heterocycles. The first-order valence-corrected chi connectivity index (χ1v) is 8.76. The quantitative estimate of drug-likeness (QED) is 0.839. The number of rotatable bonds is 6. The van der Waals surface area contributed by atoms with Crippen molar-refractivity contribution in [3.05, 3.63) is 23.3 Å². The summed E-state index contributed by atoms with van der Waals surface area (Å²) in [6.45, 7) is 3.97. The first-order valence-electron chi connectivity index (χ1n) is 7.94. The third kappa shape index (κ3) is 4.24. The van der Waals surface area contributed by atoms with E-state index in [1.54, 1.807) is 6.20 Å². The molecular weight excluding hydrogens is 326 g/mol. The average Bonchev–Trinajstić information content (AvgIpc) is 3.17. The van der Waals surface area contributed by atoms with Crippen molar-refractivity contribution < 1.29 is 4.79 Å². The Bertz CT molecular complexity index is 677. The summed E-state index contributed by atoms with van der Waals surface area (Å²) >= 11 is 1.38. The number of hydrogen-bond donors (Lipinski definition) is 1. The lowest BCUT2D eigenvalue weighted by Gasteiger charge is -2.28. The summed E-state index contributed by atoms with van der Waals surface area (Å²) in [4.78, 5) is 16.4. The zero-order valence-corrected chi connectivity index (χ0v) is 14.7. The van der Waals surface area contributed by atoms with Crippen molar-refractivity contribution in [1.82, 2.24) is 25.3 Å². The smallest absolute Gasteiger partial charge is 0.240 e. The van der Waals surface area contributed by atoms with E-state index in [1.807, 2.05) is 31.0 Å². The molecule has 3 rings (SSSR count). The van der Waals surface area contributed by atoms with E-state index in [-0.39, 0.29) is 5.91 Å². The van der Waals surface area contributed by atoms with E-state index in [0.717, 1.165) is 36.8 Å². The molecule has 8 nitrogen and oxygen atoms in total. The molecule has 1 atom stereocenters. The van der Waals surface area contributed by atoms with Crippen LogP contribution in [0, 0.1) is 6.92 Å². The van der Waals surface area contributed by atoms with Crippen molar-refractivity contribution in [3.63, 3.8) is 0 Å². The standard InChI is InChI=1S/C15H21N7OS/c1-11-18-20-15(24-11)17-14(23)10-21(2)9-12-5-4-8-22(12)13-6-3-7-16-19-13/h3,6-7,12H,4-5,8-10H2,1-2H3,(H,17,20,23)/t12-/m0/s1. The van der Waals surface area contributed by atoms with E-state index >= 15 is 0 Å². The van der Waals surface area contributed by atoms with Crippen molar-refractivity contribution in [2.75, 3.05) is 36.9 Å². The highest BCUT2D eigenvalue weighted by molar-refractivity contribution is 7.15. The highest BCUT2D eigenvalue weighted by Gasteiger charge is 2.27. The Kier molecular flexibility index (Phi) is 5.31. The summed E-state index contributed by atoms with van der Waals surface area (Å²) in [6, 6.07) is 4.23. The molecule has 2 aromatic heterocycles. The Labute approximate surface area is 144 Å². The molecule has 0 unspecified atom stereocenters. The van der Waals surface area contributed by atoms with Crippen LogP contribution in [0.5, 0.6) is 0 Å².